The lowest BCUT2D eigenvalue weighted by molar-refractivity contribution is -0.131. The van der Waals surface area contributed by atoms with Crippen LogP contribution in [0.25, 0.3) is 10.9 Å². The number of hydrogen-bond acceptors (Lipinski definition) is 2. The smallest absolute Gasteiger partial charge is 0.328 e. The quantitative estimate of drug-likeness (QED) is 0.732. The summed E-state index contributed by atoms with van der Waals surface area (Å²) < 4.78 is 0. The molecule has 5 nitrogen and oxygen atoms in total. The van der Waals surface area contributed by atoms with Gasteiger partial charge in [0.1, 0.15) is 0 Å². The highest BCUT2D eigenvalue weighted by Crippen LogP contribution is 2.21. The van der Waals surface area contributed by atoms with Crippen LogP contribution in [0.1, 0.15) is 16.1 Å². The summed E-state index contributed by atoms with van der Waals surface area (Å²) in [6, 6.07) is 7.55. The van der Waals surface area contributed by atoms with E-state index in [1.54, 1.807) is 0 Å². The molecule has 0 saturated carbocycles. The maximum Gasteiger partial charge on any atom is 0.328 e. The van der Waals surface area contributed by atoms with Gasteiger partial charge in [-0.05, 0) is 13.0 Å². The maximum absolute atomic E-state index is 12.1. The molecule has 0 saturated heterocycles. The number of aryl methyl sites for hydroxylation is 1. The normalized spacial score (nSPS) is 11.0. The molecule has 5 heteroatoms. The van der Waals surface area contributed by atoms with Crippen LogP contribution in [-0.4, -0.2) is 28.5 Å². The van der Waals surface area contributed by atoms with Crippen molar-refractivity contribution in [1.29, 1.82) is 0 Å². The van der Waals surface area contributed by atoms with Crippen molar-refractivity contribution in [2.75, 3.05) is 6.54 Å². The zero-order chi connectivity index (χ0) is 13.8. The van der Waals surface area contributed by atoms with E-state index in [2.05, 4.69) is 10.3 Å². The van der Waals surface area contributed by atoms with E-state index in [9.17, 15) is 9.59 Å². The Kier molecular flexibility index (Phi) is 3.66. The Hall–Kier alpha value is -2.56. The fraction of sp³-hybridized carbons (Fsp3) is 0.143. The van der Waals surface area contributed by atoms with Crippen LogP contribution in [0.5, 0.6) is 0 Å². The molecule has 0 aliphatic heterocycles. The first-order valence-electron chi connectivity index (χ1n) is 5.84. The number of fused-ring (bicyclic) bond motifs is 1. The third-order valence-electron chi connectivity index (χ3n) is 2.76. The van der Waals surface area contributed by atoms with Crippen LogP contribution in [0.4, 0.5) is 0 Å². The Bertz CT molecular complexity index is 656. The zero-order valence-corrected chi connectivity index (χ0v) is 10.4. The van der Waals surface area contributed by atoms with Gasteiger partial charge < -0.3 is 15.4 Å². The number of carboxylic acids is 1. The van der Waals surface area contributed by atoms with Crippen LogP contribution in [0, 0.1) is 6.92 Å². The maximum atomic E-state index is 12.1. The van der Waals surface area contributed by atoms with Gasteiger partial charge in [0, 0.05) is 29.2 Å². The van der Waals surface area contributed by atoms with Gasteiger partial charge in [-0.15, -0.1) is 0 Å². The van der Waals surface area contributed by atoms with Crippen LogP contribution >= 0.6 is 0 Å². The SMILES string of the molecule is Cc1[nH]c2ccccc2c1C(=O)NC/C=C/C(=O)O. The van der Waals surface area contributed by atoms with E-state index in [1.165, 1.54) is 6.08 Å². The summed E-state index contributed by atoms with van der Waals surface area (Å²) in [6.07, 6.45) is 2.40. The molecule has 1 aromatic heterocycles. The number of benzene rings is 1. The Morgan fingerprint density at radius 2 is 2.11 bits per heavy atom. The molecule has 0 bridgehead atoms. The molecule has 0 unspecified atom stereocenters. The van der Waals surface area contributed by atoms with Crippen molar-refractivity contribution >= 4 is 22.8 Å². The molecular formula is C14H14N2O3. The summed E-state index contributed by atoms with van der Waals surface area (Å²) in [4.78, 5) is 25.5. The van der Waals surface area contributed by atoms with Gasteiger partial charge >= 0.3 is 5.97 Å². The van der Waals surface area contributed by atoms with Gasteiger partial charge in [0.05, 0.1) is 5.56 Å². The van der Waals surface area contributed by atoms with Crippen molar-refractivity contribution in [3.63, 3.8) is 0 Å². The molecule has 1 aromatic carbocycles. The fourth-order valence-corrected chi connectivity index (χ4v) is 1.97. The van der Waals surface area contributed by atoms with Crippen molar-refractivity contribution in [2.45, 2.75) is 6.92 Å². The van der Waals surface area contributed by atoms with Crippen LogP contribution in [0.15, 0.2) is 36.4 Å². The lowest BCUT2D eigenvalue weighted by atomic mass is 10.1. The largest absolute Gasteiger partial charge is 0.478 e. The highest BCUT2D eigenvalue weighted by molar-refractivity contribution is 6.08. The van der Waals surface area contributed by atoms with Crippen molar-refractivity contribution in [2.24, 2.45) is 0 Å². The molecule has 0 atom stereocenters. The average Bonchev–Trinajstić information content (AvgIpc) is 2.70. The summed E-state index contributed by atoms with van der Waals surface area (Å²) in [7, 11) is 0. The molecule has 0 fully saturated rings. The van der Waals surface area contributed by atoms with Gasteiger partial charge in [-0.3, -0.25) is 4.79 Å². The second kappa shape index (κ2) is 5.39. The number of carboxylic acid groups (broad SMARTS) is 1. The standard InChI is InChI=1S/C14H14N2O3/c1-9-13(10-5-2-3-6-11(10)16-9)14(19)15-8-4-7-12(17)18/h2-7,16H,8H2,1H3,(H,15,19)(H,17,18)/b7-4+. The van der Waals surface area contributed by atoms with E-state index in [0.29, 0.717) is 5.56 Å². The number of aromatic nitrogens is 1. The minimum absolute atomic E-state index is 0.185. The second-order valence-corrected chi connectivity index (χ2v) is 4.12. The van der Waals surface area contributed by atoms with Crippen LogP contribution in [-0.2, 0) is 4.79 Å². The molecule has 2 aromatic rings. The predicted octanol–water partition coefficient (Wildman–Crippen LogP) is 1.85. The van der Waals surface area contributed by atoms with Crippen molar-refractivity contribution in [1.82, 2.24) is 10.3 Å². The van der Waals surface area contributed by atoms with Crippen molar-refractivity contribution < 1.29 is 14.7 Å². The minimum Gasteiger partial charge on any atom is -0.478 e. The topological polar surface area (TPSA) is 82.2 Å². The first-order valence-corrected chi connectivity index (χ1v) is 5.84. The summed E-state index contributed by atoms with van der Waals surface area (Å²) in [5, 5.41) is 12.0. The molecule has 1 amide bonds. The Balaban J connectivity index is 2.17. The summed E-state index contributed by atoms with van der Waals surface area (Å²) in [6.45, 7) is 2.02. The molecule has 3 N–H and O–H groups in total. The van der Waals surface area contributed by atoms with Gasteiger partial charge in [-0.25, -0.2) is 4.79 Å². The van der Waals surface area contributed by atoms with Gasteiger partial charge in [0.2, 0.25) is 0 Å². The minimum atomic E-state index is -1.03. The number of para-hydroxylation sites is 1. The predicted molar refractivity (Wildman–Crippen MR) is 72.1 cm³/mol. The number of amides is 1. The first kappa shape index (κ1) is 12.9. The van der Waals surface area contributed by atoms with Crippen LogP contribution in [0.2, 0.25) is 0 Å². The van der Waals surface area contributed by atoms with Gasteiger partial charge in [-0.1, -0.05) is 24.3 Å². The van der Waals surface area contributed by atoms with Gasteiger partial charge in [0.15, 0.2) is 0 Å². The Morgan fingerprint density at radius 3 is 2.84 bits per heavy atom. The second-order valence-electron chi connectivity index (χ2n) is 4.12. The molecule has 0 spiro atoms. The molecule has 1 heterocycles. The van der Waals surface area contributed by atoms with E-state index in [-0.39, 0.29) is 12.5 Å². The third-order valence-corrected chi connectivity index (χ3v) is 2.76. The molecule has 0 radical (unpaired) electrons. The molecule has 19 heavy (non-hydrogen) atoms. The number of aliphatic carboxylic acids is 1. The number of carbonyl (C=O) groups is 2. The molecule has 0 aliphatic rings. The van der Waals surface area contributed by atoms with Gasteiger partial charge in [0.25, 0.3) is 5.91 Å². The zero-order valence-electron chi connectivity index (χ0n) is 10.4. The van der Waals surface area contributed by atoms with E-state index in [4.69, 9.17) is 5.11 Å². The number of H-pyrrole nitrogens is 1. The number of carbonyl (C=O) groups excluding carboxylic acids is 1. The van der Waals surface area contributed by atoms with E-state index < -0.39 is 5.97 Å². The lowest BCUT2D eigenvalue weighted by Gasteiger charge is -2.02. The fourth-order valence-electron chi connectivity index (χ4n) is 1.97. The monoisotopic (exact) mass is 258 g/mol. The summed E-state index contributed by atoms with van der Waals surface area (Å²) in [5.74, 6) is -1.25. The number of rotatable bonds is 4. The number of aromatic amines is 1. The van der Waals surface area contributed by atoms with E-state index in [1.807, 2.05) is 31.2 Å². The van der Waals surface area contributed by atoms with Crippen LogP contribution in [0.3, 0.4) is 0 Å². The lowest BCUT2D eigenvalue weighted by Crippen LogP contribution is -2.23. The number of nitrogens with one attached hydrogen (secondary N) is 2. The third kappa shape index (κ3) is 2.82. The first-order chi connectivity index (χ1) is 9.09. The van der Waals surface area contributed by atoms with Crippen molar-refractivity contribution in [3.05, 3.63) is 47.7 Å². The number of hydrogen-bond donors (Lipinski definition) is 3. The van der Waals surface area contributed by atoms with Crippen molar-refractivity contribution in [3.8, 4) is 0 Å². The Labute approximate surface area is 109 Å². The molecule has 2 rings (SSSR count). The highest BCUT2D eigenvalue weighted by atomic mass is 16.4. The van der Waals surface area contributed by atoms with Gasteiger partial charge in [-0.2, -0.15) is 0 Å². The van der Waals surface area contributed by atoms with E-state index >= 15 is 0 Å². The summed E-state index contributed by atoms with van der Waals surface area (Å²) in [5.41, 5.74) is 2.30. The van der Waals surface area contributed by atoms with Crippen LogP contribution < -0.4 is 5.32 Å². The van der Waals surface area contributed by atoms with E-state index in [0.717, 1.165) is 22.7 Å². The molecular weight excluding hydrogens is 244 g/mol. The molecule has 98 valence electrons. The summed E-state index contributed by atoms with van der Waals surface area (Å²) >= 11 is 0. The highest BCUT2D eigenvalue weighted by Gasteiger charge is 2.14. The average molecular weight is 258 g/mol. The Morgan fingerprint density at radius 1 is 1.37 bits per heavy atom. The molecule has 0 aliphatic carbocycles.